The summed E-state index contributed by atoms with van der Waals surface area (Å²) < 4.78 is 0. The zero-order chi connectivity index (χ0) is 19.7. The molecule has 0 saturated heterocycles. The van der Waals surface area contributed by atoms with Gasteiger partial charge in [-0.2, -0.15) is 6.16 Å². The van der Waals surface area contributed by atoms with Gasteiger partial charge in [-0.15, -0.1) is 0 Å². The maximum absolute atomic E-state index is 12.2. The van der Waals surface area contributed by atoms with E-state index in [0.29, 0.717) is 0 Å². The van der Waals surface area contributed by atoms with Crippen LogP contribution < -0.4 is 15.9 Å². The molecular weight excluding hydrogens is 603 g/mol. The second-order valence-corrected chi connectivity index (χ2v) is 18.2. The molecule has 3 aromatic carbocycles. The number of Topliss-reactive ketones (excluding diaryl/α,β-unsaturated/α-hetero) is 1. The summed E-state index contributed by atoms with van der Waals surface area (Å²) in [6, 6.07) is 31.1. The Morgan fingerprint density at radius 1 is 0.704 bits per heavy atom. The van der Waals surface area contributed by atoms with Gasteiger partial charge >= 0.3 is 42.8 Å². The summed E-state index contributed by atoms with van der Waals surface area (Å²) in [5.74, 6) is 0.106. The predicted octanol–water partition coefficient (Wildman–Crippen LogP) is 5.80. The van der Waals surface area contributed by atoms with Crippen LogP contribution in [0, 0.1) is 6.16 Å². The van der Waals surface area contributed by atoms with Crippen molar-refractivity contribution in [2.75, 3.05) is 0 Å². The fourth-order valence-electron chi connectivity index (χ4n) is 2.93. The topological polar surface area (TPSA) is 17.1 Å². The zero-order valence-corrected chi connectivity index (χ0v) is 19.9. The third-order valence-corrected chi connectivity index (χ3v) is 7.95. The summed E-state index contributed by atoms with van der Waals surface area (Å²) in [4.78, 5) is 12.2. The molecule has 0 amide bonds. The van der Waals surface area contributed by atoms with E-state index in [-0.39, 0.29) is 5.78 Å². The Bertz CT molecular complexity index is 730. The molecule has 0 aromatic heterocycles. The van der Waals surface area contributed by atoms with Gasteiger partial charge in [-0.05, 0) is 43.3 Å². The van der Waals surface area contributed by atoms with Crippen molar-refractivity contribution < 1.29 is 20.0 Å². The molecule has 0 radical (unpaired) electrons. The van der Waals surface area contributed by atoms with Gasteiger partial charge in [-0.1, -0.05) is 54.6 Å². The second kappa shape index (κ2) is 11.3. The van der Waals surface area contributed by atoms with Crippen LogP contribution in [0.25, 0.3) is 0 Å². The molecule has 0 atom stereocenters. The molecule has 146 valence electrons. The van der Waals surface area contributed by atoms with Crippen molar-refractivity contribution in [3.8, 4) is 0 Å². The summed E-state index contributed by atoms with van der Waals surface area (Å²) in [7, 11) is 12.8. The van der Waals surface area contributed by atoms with Crippen LogP contribution in [0.5, 0.6) is 0 Å². The minimum atomic E-state index is -2.08. The monoisotopic (exact) mass is 620 g/mol. The molecule has 0 aliphatic rings. The Morgan fingerprint density at radius 2 is 0.963 bits per heavy atom. The molecule has 0 N–H and O–H groups in total. The number of benzene rings is 3. The minimum absolute atomic E-state index is 0.106. The van der Waals surface area contributed by atoms with Gasteiger partial charge in [-0.3, -0.25) is 0 Å². The number of carbonyl (C=O) groups is 1. The Balaban J connectivity index is 0.000000596. The quantitative estimate of drug-likeness (QED) is 0.200. The average molecular weight is 622 g/mol. The molecule has 0 aliphatic heterocycles. The van der Waals surface area contributed by atoms with Gasteiger partial charge in [0.05, 0.1) is 15.9 Å². The molecule has 1 nitrogen and oxygen atoms in total. The first-order valence-electron chi connectivity index (χ1n) is 8.00. The normalized spacial score (nSPS) is 11.0. The van der Waals surface area contributed by atoms with E-state index in [1.165, 1.54) is 15.9 Å². The molecule has 0 heterocycles. The van der Waals surface area contributed by atoms with E-state index in [1.54, 1.807) is 6.92 Å². The maximum atomic E-state index is 12.2. The van der Waals surface area contributed by atoms with Gasteiger partial charge in [0.2, 0.25) is 0 Å². The third kappa shape index (κ3) is 6.38. The molecule has 0 saturated carbocycles. The van der Waals surface area contributed by atoms with Gasteiger partial charge < -0.3 is 4.79 Å². The molecule has 6 heteroatoms. The van der Waals surface area contributed by atoms with Gasteiger partial charge in [0.15, 0.2) is 0 Å². The third-order valence-electron chi connectivity index (χ3n) is 3.87. The molecule has 3 aromatic rings. The van der Waals surface area contributed by atoms with Gasteiger partial charge in [0, 0.05) is 13.0 Å². The van der Waals surface area contributed by atoms with Crippen molar-refractivity contribution in [1.29, 1.82) is 0 Å². The van der Waals surface area contributed by atoms with Crippen molar-refractivity contribution in [2.45, 2.75) is 6.92 Å². The van der Waals surface area contributed by atoms with Gasteiger partial charge in [0.1, 0.15) is 0 Å². The van der Waals surface area contributed by atoms with Crippen molar-refractivity contribution in [3.05, 3.63) is 97.2 Å². The van der Waals surface area contributed by atoms with Crippen molar-refractivity contribution in [1.82, 2.24) is 0 Å². The average Bonchev–Trinajstić information content (AvgIpc) is 2.67. The van der Waals surface area contributed by atoms with E-state index in [2.05, 4.69) is 36.4 Å². The van der Waals surface area contributed by atoms with Crippen LogP contribution >= 0.6 is 34.8 Å². The van der Waals surface area contributed by atoms with Crippen molar-refractivity contribution in [2.24, 2.45) is 0 Å². The van der Waals surface area contributed by atoms with E-state index in [9.17, 15) is 4.79 Å². The van der Waals surface area contributed by atoms with E-state index in [4.69, 9.17) is 27.6 Å². The Labute approximate surface area is 179 Å². The van der Waals surface area contributed by atoms with Gasteiger partial charge in [0.25, 0.3) is 0 Å². The van der Waals surface area contributed by atoms with Crippen LogP contribution in [0.3, 0.4) is 0 Å². The summed E-state index contributed by atoms with van der Waals surface area (Å²) in [6.07, 6.45) is 1.94. The Hall–Kier alpha value is -0.760. The number of halogens is 3. The van der Waals surface area contributed by atoms with Crippen LogP contribution in [0.1, 0.15) is 6.92 Å². The number of carbonyl (C=O) groups excluding carboxylic acids is 1. The molecule has 3 rings (SSSR count). The van der Waals surface area contributed by atoms with Crippen LogP contribution in [0.2, 0.25) is 0 Å². The standard InChI is InChI=1S/C21H19OP.Au.3ClH/c1-18(22)17-23(19-11-5-2-6-12-19,20-13-7-3-8-14-20)21-15-9-4-10-16-21;;;;/h2-17H,1H3;;3*1H/q;+3;;;/p-3. The van der Waals surface area contributed by atoms with Crippen LogP contribution in [-0.2, 0) is 20.0 Å². The van der Waals surface area contributed by atoms with Crippen molar-refractivity contribution in [3.63, 3.8) is 0 Å². The first-order valence-corrected chi connectivity index (χ1v) is 17.9. The second-order valence-electron chi connectivity index (χ2n) is 5.60. The summed E-state index contributed by atoms with van der Waals surface area (Å²) in [5.41, 5.74) is 0. The fraction of sp³-hybridized carbons (Fsp3) is 0.0476. The summed E-state index contributed by atoms with van der Waals surface area (Å²) >= 11 is -1.79. The van der Waals surface area contributed by atoms with E-state index >= 15 is 0 Å². The molecular formula is C21H19AuCl3OP. The van der Waals surface area contributed by atoms with Gasteiger partial charge in [-0.25, -0.2) is 0 Å². The zero-order valence-electron chi connectivity index (χ0n) is 14.5. The molecule has 27 heavy (non-hydrogen) atoms. The van der Waals surface area contributed by atoms with Crippen LogP contribution in [-0.4, -0.2) is 5.78 Å². The first kappa shape index (κ1) is 22.5. The SMILES string of the molecule is CC(=O)[CH-][P+](c1ccccc1)(c1ccccc1)c1ccccc1.[Cl][Au]([Cl])[Cl]. The van der Waals surface area contributed by atoms with E-state index in [1.807, 2.05) is 60.8 Å². The fourth-order valence-corrected chi connectivity index (χ4v) is 6.75. The van der Waals surface area contributed by atoms with Crippen LogP contribution in [0.15, 0.2) is 91.0 Å². The predicted molar refractivity (Wildman–Crippen MR) is 118 cm³/mol. The molecule has 0 aliphatic carbocycles. The van der Waals surface area contributed by atoms with Crippen LogP contribution in [0.4, 0.5) is 0 Å². The van der Waals surface area contributed by atoms with E-state index in [0.717, 1.165) is 0 Å². The number of hydrogen-bond acceptors (Lipinski definition) is 1. The Kier molecular flexibility index (Phi) is 9.42. The molecule has 0 unspecified atom stereocenters. The first-order chi connectivity index (χ1) is 13.0. The number of rotatable bonds is 5. The Morgan fingerprint density at radius 3 is 1.19 bits per heavy atom. The van der Waals surface area contributed by atoms with Crippen molar-refractivity contribution >= 4 is 56.5 Å². The summed E-state index contributed by atoms with van der Waals surface area (Å²) in [6.45, 7) is 1.64. The van der Waals surface area contributed by atoms with E-state index < -0.39 is 22.5 Å². The number of hydrogen-bond donors (Lipinski definition) is 0. The number of ketones is 1. The summed E-state index contributed by atoms with van der Waals surface area (Å²) in [5, 5.41) is 3.60. The molecule has 0 spiro atoms. The molecule has 0 fully saturated rings. The molecule has 0 bridgehead atoms.